The van der Waals surface area contributed by atoms with Crippen LogP contribution in [0.1, 0.15) is 20.8 Å². The second-order valence-corrected chi connectivity index (χ2v) is 10.6. The van der Waals surface area contributed by atoms with Crippen LogP contribution in [0.25, 0.3) is 32.9 Å². The van der Waals surface area contributed by atoms with Crippen LogP contribution >= 0.6 is 23.2 Å². The normalized spacial score (nSPS) is 14.5. The monoisotopic (exact) mass is 544 g/mol. The van der Waals surface area contributed by atoms with E-state index in [0.717, 1.165) is 0 Å². The molecule has 1 amide bonds. The maximum absolute atomic E-state index is 15.9. The molecule has 0 saturated carbocycles. The summed E-state index contributed by atoms with van der Waals surface area (Å²) in [5, 5.41) is 1.74. The molecule has 1 fully saturated rings. The lowest BCUT2D eigenvalue weighted by molar-refractivity contribution is 0.0240. The third kappa shape index (κ3) is 4.76. The molecule has 6 nitrogen and oxygen atoms in total. The number of hydrogen-bond donors (Lipinski definition) is 0. The minimum absolute atomic E-state index is 0.0149. The van der Waals surface area contributed by atoms with Gasteiger partial charge in [0.15, 0.2) is 5.82 Å². The van der Waals surface area contributed by atoms with Gasteiger partial charge in [-0.2, -0.15) is 0 Å². The number of ether oxygens (including phenoxy) is 1. The van der Waals surface area contributed by atoms with Gasteiger partial charge >= 0.3 is 6.09 Å². The standard InChI is InChI=1S/C27H24Cl2F2N4O2/c1-27(2,3)37-26(36)35-11-9-34(10-12-35)25-17-13-32-23(22(31)24(17)33-14-18(25)28)16-6-4-5-15-7-8-19(30)21(29)20(15)16/h4-8,13-14H,9-12H2,1-3H3. The van der Waals surface area contributed by atoms with Gasteiger partial charge in [0.05, 0.1) is 15.7 Å². The van der Waals surface area contributed by atoms with Crippen LogP contribution < -0.4 is 4.90 Å². The number of piperazine rings is 1. The molecule has 10 heteroatoms. The van der Waals surface area contributed by atoms with E-state index in [0.29, 0.717) is 58.6 Å². The number of nitrogens with zero attached hydrogens (tertiary/aromatic N) is 4. The van der Waals surface area contributed by atoms with Crippen molar-refractivity contribution < 1.29 is 18.3 Å². The van der Waals surface area contributed by atoms with Crippen LogP contribution in [0.5, 0.6) is 0 Å². The summed E-state index contributed by atoms with van der Waals surface area (Å²) in [6.45, 7) is 7.25. The maximum atomic E-state index is 15.9. The Morgan fingerprint density at radius 3 is 2.43 bits per heavy atom. The number of benzene rings is 2. The molecule has 4 aromatic rings. The van der Waals surface area contributed by atoms with Gasteiger partial charge in [-0.05, 0) is 32.2 Å². The van der Waals surface area contributed by atoms with Crippen molar-refractivity contribution in [1.29, 1.82) is 0 Å². The number of halogens is 4. The lowest BCUT2D eigenvalue weighted by atomic mass is 10.00. The van der Waals surface area contributed by atoms with Crippen LogP contribution in [-0.2, 0) is 4.74 Å². The molecule has 1 aliphatic heterocycles. The zero-order valence-electron chi connectivity index (χ0n) is 20.5. The smallest absolute Gasteiger partial charge is 0.410 e. The second-order valence-electron chi connectivity index (χ2n) is 9.86. The fraction of sp³-hybridized carbons (Fsp3) is 0.296. The topological polar surface area (TPSA) is 58.6 Å². The lowest BCUT2D eigenvalue weighted by Gasteiger charge is -2.37. The Hall–Kier alpha value is -3.23. The van der Waals surface area contributed by atoms with Crippen LogP contribution in [0.15, 0.2) is 42.7 Å². The molecule has 37 heavy (non-hydrogen) atoms. The Kier molecular flexibility index (Phi) is 6.58. The number of amides is 1. The highest BCUT2D eigenvalue weighted by Gasteiger charge is 2.28. The highest BCUT2D eigenvalue weighted by molar-refractivity contribution is 6.37. The molecular formula is C27H24Cl2F2N4O2. The predicted octanol–water partition coefficient (Wildman–Crippen LogP) is 7.09. The summed E-state index contributed by atoms with van der Waals surface area (Å²) in [7, 11) is 0. The number of carbonyl (C=O) groups excluding carboxylic acids is 1. The minimum Gasteiger partial charge on any atom is -0.444 e. The molecule has 0 spiro atoms. The van der Waals surface area contributed by atoms with Crippen molar-refractivity contribution in [3.05, 3.63) is 64.4 Å². The molecule has 3 heterocycles. The largest absolute Gasteiger partial charge is 0.444 e. The van der Waals surface area contributed by atoms with E-state index in [1.54, 1.807) is 29.2 Å². The average molecular weight is 545 g/mol. The van der Waals surface area contributed by atoms with Crippen LogP contribution in [0, 0.1) is 11.6 Å². The first-order valence-corrected chi connectivity index (χ1v) is 12.5. The van der Waals surface area contributed by atoms with Gasteiger partial charge in [0.25, 0.3) is 0 Å². The van der Waals surface area contributed by atoms with Gasteiger partial charge < -0.3 is 14.5 Å². The SMILES string of the molecule is CC(C)(C)OC(=O)N1CCN(c2c(Cl)cnc3c(F)c(-c4cccc5ccc(F)c(Cl)c45)ncc23)CC1. The van der Waals surface area contributed by atoms with Crippen molar-refractivity contribution in [2.24, 2.45) is 0 Å². The summed E-state index contributed by atoms with van der Waals surface area (Å²) in [4.78, 5) is 24.7. The number of pyridine rings is 2. The van der Waals surface area contributed by atoms with Crippen molar-refractivity contribution >= 4 is 56.7 Å². The average Bonchev–Trinajstić information content (AvgIpc) is 2.85. The molecule has 1 saturated heterocycles. The van der Waals surface area contributed by atoms with Crippen LogP contribution in [-0.4, -0.2) is 52.7 Å². The molecule has 1 aliphatic rings. The zero-order valence-corrected chi connectivity index (χ0v) is 22.0. The molecule has 0 atom stereocenters. The van der Waals surface area contributed by atoms with Gasteiger partial charge in [-0.15, -0.1) is 0 Å². The molecule has 0 N–H and O–H groups in total. The van der Waals surface area contributed by atoms with Gasteiger partial charge in [0.1, 0.15) is 22.6 Å². The van der Waals surface area contributed by atoms with Crippen molar-refractivity contribution in [2.75, 3.05) is 31.1 Å². The summed E-state index contributed by atoms with van der Waals surface area (Å²) < 4.78 is 35.6. The van der Waals surface area contributed by atoms with E-state index in [1.807, 2.05) is 25.7 Å². The van der Waals surface area contributed by atoms with E-state index < -0.39 is 17.2 Å². The molecule has 192 valence electrons. The number of fused-ring (bicyclic) bond motifs is 2. The molecule has 0 bridgehead atoms. The lowest BCUT2D eigenvalue weighted by Crippen LogP contribution is -2.50. The summed E-state index contributed by atoms with van der Waals surface area (Å²) in [6.07, 6.45) is 2.55. The molecule has 5 rings (SSSR count). The number of anilines is 1. The fourth-order valence-corrected chi connectivity index (χ4v) is 5.09. The van der Waals surface area contributed by atoms with E-state index in [4.69, 9.17) is 27.9 Å². The van der Waals surface area contributed by atoms with Crippen LogP contribution in [0.2, 0.25) is 10.0 Å². The zero-order chi connectivity index (χ0) is 26.5. The van der Waals surface area contributed by atoms with Crippen molar-refractivity contribution in [3.8, 4) is 11.3 Å². The van der Waals surface area contributed by atoms with E-state index in [1.165, 1.54) is 18.5 Å². The maximum Gasteiger partial charge on any atom is 0.410 e. The van der Waals surface area contributed by atoms with E-state index in [9.17, 15) is 9.18 Å². The first-order valence-electron chi connectivity index (χ1n) is 11.8. The highest BCUT2D eigenvalue weighted by Crippen LogP contribution is 2.39. The number of aromatic nitrogens is 2. The third-order valence-corrected chi connectivity index (χ3v) is 6.87. The van der Waals surface area contributed by atoms with E-state index in [-0.39, 0.29) is 22.3 Å². The second kappa shape index (κ2) is 9.58. The van der Waals surface area contributed by atoms with Crippen molar-refractivity contribution in [3.63, 3.8) is 0 Å². The quantitative estimate of drug-likeness (QED) is 0.269. The Bertz CT molecular complexity index is 1530. The van der Waals surface area contributed by atoms with Crippen molar-refractivity contribution in [1.82, 2.24) is 14.9 Å². The summed E-state index contributed by atoms with van der Waals surface area (Å²) in [5.41, 5.74) is 0.477. The van der Waals surface area contributed by atoms with Gasteiger partial charge in [-0.3, -0.25) is 9.97 Å². The summed E-state index contributed by atoms with van der Waals surface area (Å²) in [6, 6.07) is 8.03. The minimum atomic E-state index is -0.657. The molecule has 2 aromatic carbocycles. The van der Waals surface area contributed by atoms with Crippen molar-refractivity contribution in [2.45, 2.75) is 26.4 Å². The molecule has 0 radical (unpaired) electrons. The third-order valence-electron chi connectivity index (χ3n) is 6.22. The Balaban J connectivity index is 1.52. The highest BCUT2D eigenvalue weighted by atomic mass is 35.5. The van der Waals surface area contributed by atoms with Crippen LogP contribution in [0.4, 0.5) is 19.3 Å². The first-order chi connectivity index (χ1) is 17.5. The molecule has 0 unspecified atom stereocenters. The Morgan fingerprint density at radius 2 is 1.73 bits per heavy atom. The molecule has 2 aromatic heterocycles. The molecular weight excluding hydrogens is 521 g/mol. The number of rotatable bonds is 2. The van der Waals surface area contributed by atoms with Gasteiger partial charge in [-0.1, -0.05) is 47.5 Å². The van der Waals surface area contributed by atoms with Crippen LogP contribution in [0.3, 0.4) is 0 Å². The summed E-state index contributed by atoms with van der Waals surface area (Å²) >= 11 is 12.8. The fourth-order valence-electron chi connectivity index (χ4n) is 4.54. The van der Waals surface area contributed by atoms with E-state index in [2.05, 4.69) is 9.97 Å². The Labute approximate surface area is 222 Å². The molecule has 0 aliphatic carbocycles. The van der Waals surface area contributed by atoms with E-state index >= 15 is 4.39 Å². The summed E-state index contributed by atoms with van der Waals surface area (Å²) in [5.74, 6) is -1.25. The number of carbonyl (C=O) groups is 1. The van der Waals surface area contributed by atoms with Gasteiger partial charge in [0, 0.05) is 54.9 Å². The first kappa shape index (κ1) is 25.4. The Morgan fingerprint density at radius 1 is 1.00 bits per heavy atom. The number of hydrogen-bond acceptors (Lipinski definition) is 5. The van der Waals surface area contributed by atoms with Gasteiger partial charge in [0.2, 0.25) is 0 Å². The van der Waals surface area contributed by atoms with Gasteiger partial charge in [-0.25, -0.2) is 13.6 Å². The predicted molar refractivity (Wildman–Crippen MR) is 142 cm³/mol.